The summed E-state index contributed by atoms with van der Waals surface area (Å²) in [6.45, 7) is 5.88. The number of hydrogen-bond donors (Lipinski definition) is 3. The number of ether oxygens (including phenoxy) is 1. The van der Waals surface area contributed by atoms with E-state index in [0.29, 0.717) is 17.3 Å². The summed E-state index contributed by atoms with van der Waals surface area (Å²) in [7, 11) is 0. The molecule has 0 fully saturated rings. The number of hydrogen-bond acceptors (Lipinski definition) is 4. The largest absolute Gasteiger partial charge is 0.450 e. The van der Waals surface area contributed by atoms with E-state index < -0.39 is 6.09 Å². The number of anilines is 2. The van der Waals surface area contributed by atoms with Crippen LogP contribution in [0.5, 0.6) is 0 Å². The van der Waals surface area contributed by atoms with Gasteiger partial charge in [0, 0.05) is 16.4 Å². The van der Waals surface area contributed by atoms with Gasteiger partial charge >= 0.3 is 6.09 Å². The van der Waals surface area contributed by atoms with E-state index in [1.54, 1.807) is 25.1 Å². The summed E-state index contributed by atoms with van der Waals surface area (Å²) < 4.78 is 4.89. The zero-order valence-electron chi connectivity index (χ0n) is 15.6. The van der Waals surface area contributed by atoms with Crippen molar-refractivity contribution in [3.63, 3.8) is 0 Å². The van der Waals surface area contributed by atoms with Crippen molar-refractivity contribution in [1.82, 2.24) is 5.32 Å². The Morgan fingerprint density at radius 2 is 1.81 bits per heavy atom. The number of halogens is 1. The molecular formula is C20H24ClN3O3. The van der Waals surface area contributed by atoms with Gasteiger partial charge in [-0.05, 0) is 50.1 Å². The molecule has 0 radical (unpaired) electrons. The first-order valence-electron chi connectivity index (χ1n) is 8.73. The predicted molar refractivity (Wildman–Crippen MR) is 108 cm³/mol. The van der Waals surface area contributed by atoms with Crippen LogP contribution in [0.3, 0.4) is 0 Å². The molecule has 0 saturated carbocycles. The molecule has 0 spiro atoms. The molecule has 2 rings (SSSR count). The Morgan fingerprint density at radius 3 is 2.52 bits per heavy atom. The maximum absolute atomic E-state index is 12.3. The number of nitrogens with one attached hydrogen (secondary N) is 3. The van der Waals surface area contributed by atoms with E-state index in [9.17, 15) is 9.59 Å². The SMILES string of the molecule is CCOC(=O)Nc1cccc(NCC(=O)NC(C)c2ccccc2Cl)c1C. The van der Waals surface area contributed by atoms with Gasteiger partial charge < -0.3 is 15.4 Å². The summed E-state index contributed by atoms with van der Waals surface area (Å²) in [5.41, 5.74) is 3.06. The average Bonchev–Trinajstić information content (AvgIpc) is 2.63. The molecule has 0 aliphatic rings. The van der Waals surface area contributed by atoms with Gasteiger partial charge in [0.25, 0.3) is 0 Å². The van der Waals surface area contributed by atoms with Crippen LogP contribution in [0.4, 0.5) is 16.2 Å². The second-order valence-electron chi connectivity index (χ2n) is 5.99. The molecule has 2 aromatic rings. The zero-order valence-corrected chi connectivity index (χ0v) is 16.4. The lowest BCUT2D eigenvalue weighted by atomic mass is 10.1. The molecule has 7 heteroatoms. The fraction of sp³-hybridized carbons (Fsp3) is 0.300. The number of amides is 2. The van der Waals surface area contributed by atoms with Crippen LogP contribution in [-0.4, -0.2) is 25.2 Å². The summed E-state index contributed by atoms with van der Waals surface area (Å²) in [6, 6.07) is 12.6. The molecule has 0 aliphatic carbocycles. The minimum Gasteiger partial charge on any atom is -0.450 e. The fourth-order valence-electron chi connectivity index (χ4n) is 2.61. The van der Waals surface area contributed by atoms with Crippen molar-refractivity contribution < 1.29 is 14.3 Å². The third kappa shape index (κ3) is 5.89. The topological polar surface area (TPSA) is 79.5 Å². The molecule has 1 unspecified atom stereocenters. The highest BCUT2D eigenvalue weighted by molar-refractivity contribution is 6.31. The molecular weight excluding hydrogens is 366 g/mol. The van der Waals surface area contributed by atoms with Crippen LogP contribution in [0.15, 0.2) is 42.5 Å². The Hall–Kier alpha value is -2.73. The maximum atomic E-state index is 12.3. The Morgan fingerprint density at radius 1 is 1.11 bits per heavy atom. The smallest absolute Gasteiger partial charge is 0.411 e. The zero-order chi connectivity index (χ0) is 19.8. The van der Waals surface area contributed by atoms with Crippen LogP contribution in [0.2, 0.25) is 5.02 Å². The van der Waals surface area contributed by atoms with E-state index in [0.717, 1.165) is 16.8 Å². The van der Waals surface area contributed by atoms with E-state index >= 15 is 0 Å². The van der Waals surface area contributed by atoms with E-state index in [1.807, 2.05) is 38.1 Å². The van der Waals surface area contributed by atoms with Crippen LogP contribution >= 0.6 is 11.6 Å². The lowest BCUT2D eigenvalue weighted by Gasteiger charge is -2.17. The summed E-state index contributed by atoms with van der Waals surface area (Å²) in [5, 5.41) is 9.31. The molecule has 27 heavy (non-hydrogen) atoms. The first-order valence-corrected chi connectivity index (χ1v) is 9.11. The molecule has 0 aromatic heterocycles. The Bertz CT molecular complexity index is 811. The van der Waals surface area contributed by atoms with Crippen molar-refractivity contribution in [1.29, 1.82) is 0 Å². The number of benzene rings is 2. The second kappa shape index (κ2) is 9.83. The van der Waals surface area contributed by atoms with Gasteiger partial charge in [0.05, 0.1) is 19.2 Å². The average molecular weight is 390 g/mol. The highest BCUT2D eigenvalue weighted by Gasteiger charge is 2.13. The molecule has 1 atom stereocenters. The van der Waals surface area contributed by atoms with Crippen molar-refractivity contribution in [2.24, 2.45) is 0 Å². The quantitative estimate of drug-likeness (QED) is 0.651. The minimum atomic E-state index is -0.510. The second-order valence-corrected chi connectivity index (χ2v) is 6.40. The third-order valence-corrected chi connectivity index (χ3v) is 4.38. The molecule has 0 heterocycles. The van der Waals surface area contributed by atoms with Gasteiger partial charge in [-0.25, -0.2) is 4.79 Å². The van der Waals surface area contributed by atoms with Crippen molar-refractivity contribution in [2.45, 2.75) is 26.8 Å². The molecule has 0 aliphatic heterocycles. The van der Waals surface area contributed by atoms with Gasteiger partial charge in [0.15, 0.2) is 0 Å². The Balaban J connectivity index is 1.95. The van der Waals surface area contributed by atoms with E-state index in [-0.39, 0.29) is 18.5 Å². The predicted octanol–water partition coefficient (Wildman–Crippen LogP) is 4.51. The molecule has 0 bridgehead atoms. The summed E-state index contributed by atoms with van der Waals surface area (Å²) in [6.07, 6.45) is -0.510. The minimum absolute atomic E-state index is 0.0957. The van der Waals surface area contributed by atoms with Gasteiger partial charge in [-0.3, -0.25) is 10.1 Å². The normalized spacial score (nSPS) is 11.4. The number of rotatable bonds is 7. The van der Waals surface area contributed by atoms with Gasteiger partial charge in [-0.1, -0.05) is 35.9 Å². The first-order chi connectivity index (χ1) is 12.9. The van der Waals surface area contributed by atoms with Crippen molar-refractivity contribution in [2.75, 3.05) is 23.8 Å². The lowest BCUT2D eigenvalue weighted by molar-refractivity contribution is -0.120. The number of carbonyl (C=O) groups is 2. The molecule has 144 valence electrons. The van der Waals surface area contributed by atoms with Crippen molar-refractivity contribution in [3.8, 4) is 0 Å². The van der Waals surface area contributed by atoms with Gasteiger partial charge in [-0.15, -0.1) is 0 Å². The van der Waals surface area contributed by atoms with Gasteiger partial charge in [0.1, 0.15) is 0 Å². The van der Waals surface area contributed by atoms with Crippen molar-refractivity contribution >= 4 is 35.0 Å². The van der Waals surface area contributed by atoms with E-state index in [2.05, 4.69) is 16.0 Å². The van der Waals surface area contributed by atoms with E-state index in [1.165, 1.54) is 0 Å². The van der Waals surface area contributed by atoms with E-state index in [4.69, 9.17) is 16.3 Å². The first kappa shape index (κ1) is 20.6. The lowest BCUT2D eigenvalue weighted by Crippen LogP contribution is -2.32. The van der Waals surface area contributed by atoms with Crippen molar-refractivity contribution in [3.05, 3.63) is 58.6 Å². The fourth-order valence-corrected chi connectivity index (χ4v) is 2.91. The van der Waals surface area contributed by atoms with Crippen LogP contribution < -0.4 is 16.0 Å². The standard InChI is InChI=1S/C20H24ClN3O3/c1-4-27-20(26)24-18-11-7-10-17(13(18)2)22-12-19(25)23-14(3)15-8-5-6-9-16(15)21/h5-11,14,22H,4,12H2,1-3H3,(H,23,25)(H,24,26). The summed E-state index contributed by atoms with van der Waals surface area (Å²) in [4.78, 5) is 23.9. The monoisotopic (exact) mass is 389 g/mol. The van der Waals surface area contributed by atoms with Crippen LogP contribution in [-0.2, 0) is 9.53 Å². The Labute approximate surface area is 164 Å². The van der Waals surface area contributed by atoms with Gasteiger partial charge in [0.2, 0.25) is 5.91 Å². The molecule has 2 amide bonds. The highest BCUT2D eigenvalue weighted by atomic mass is 35.5. The molecule has 2 aromatic carbocycles. The highest BCUT2D eigenvalue weighted by Crippen LogP contribution is 2.24. The molecule has 6 nitrogen and oxygen atoms in total. The number of carbonyl (C=O) groups excluding carboxylic acids is 2. The summed E-state index contributed by atoms with van der Waals surface area (Å²) >= 11 is 6.17. The Kier molecular flexibility index (Phi) is 7.49. The van der Waals surface area contributed by atoms with Crippen LogP contribution in [0.1, 0.15) is 31.0 Å². The maximum Gasteiger partial charge on any atom is 0.411 e. The molecule has 0 saturated heterocycles. The molecule has 3 N–H and O–H groups in total. The third-order valence-electron chi connectivity index (χ3n) is 4.03. The van der Waals surface area contributed by atoms with Crippen LogP contribution in [0, 0.1) is 6.92 Å². The van der Waals surface area contributed by atoms with Crippen LogP contribution in [0.25, 0.3) is 0 Å². The van der Waals surface area contributed by atoms with Gasteiger partial charge in [-0.2, -0.15) is 0 Å². The summed E-state index contributed by atoms with van der Waals surface area (Å²) in [5.74, 6) is -0.162.